The van der Waals surface area contributed by atoms with E-state index in [4.69, 9.17) is 19.7 Å². The Morgan fingerprint density at radius 3 is 2.41 bits per heavy atom. The molecule has 0 aliphatic carbocycles. The van der Waals surface area contributed by atoms with Crippen molar-refractivity contribution in [3.63, 3.8) is 0 Å². The number of carbonyl (C=O) groups excluding carboxylic acids is 2. The van der Waals surface area contributed by atoms with Crippen LogP contribution < -0.4 is 15.5 Å². The number of halogens is 1. The van der Waals surface area contributed by atoms with E-state index >= 15 is 0 Å². The third-order valence-electron chi connectivity index (χ3n) is 7.09. The molecule has 11 nitrogen and oxygen atoms in total. The number of hydrogen-bond donors (Lipinski definition) is 2. The zero-order valence-electron chi connectivity index (χ0n) is 24.1. The molecule has 3 amide bonds. The topological polar surface area (TPSA) is 125 Å². The molecule has 5 aromatic rings. The molecule has 3 aromatic heterocycles. The van der Waals surface area contributed by atoms with Crippen LogP contribution in [0.1, 0.15) is 10.4 Å². The summed E-state index contributed by atoms with van der Waals surface area (Å²) >= 11 is 0. The minimum atomic E-state index is -0.714. The predicted molar refractivity (Wildman–Crippen MR) is 166 cm³/mol. The van der Waals surface area contributed by atoms with Gasteiger partial charge in [-0.15, -0.1) is 0 Å². The van der Waals surface area contributed by atoms with Gasteiger partial charge in [0.05, 0.1) is 24.4 Å². The number of benzene rings is 2. The molecule has 0 unspecified atom stereocenters. The molecule has 6 rings (SSSR count). The van der Waals surface area contributed by atoms with Crippen molar-refractivity contribution >= 4 is 40.2 Å². The number of pyridine rings is 2. The lowest BCUT2D eigenvalue weighted by Crippen LogP contribution is -2.37. The van der Waals surface area contributed by atoms with Crippen LogP contribution in [0.25, 0.3) is 33.5 Å². The molecule has 0 atom stereocenters. The number of urea groups is 1. The summed E-state index contributed by atoms with van der Waals surface area (Å²) in [6.45, 7) is 2.56. The van der Waals surface area contributed by atoms with Crippen LogP contribution in [0.5, 0.6) is 0 Å². The van der Waals surface area contributed by atoms with Crippen LogP contribution in [0.15, 0.2) is 79.3 Å². The van der Waals surface area contributed by atoms with Gasteiger partial charge in [0.1, 0.15) is 11.3 Å². The number of anilines is 3. The van der Waals surface area contributed by atoms with Gasteiger partial charge in [-0.3, -0.25) is 14.8 Å². The van der Waals surface area contributed by atoms with Crippen LogP contribution in [0, 0.1) is 5.82 Å². The molecular weight excluding hydrogens is 563 g/mol. The molecule has 44 heavy (non-hydrogen) atoms. The van der Waals surface area contributed by atoms with Gasteiger partial charge in [-0.2, -0.15) is 0 Å². The van der Waals surface area contributed by atoms with Gasteiger partial charge in [-0.25, -0.2) is 19.2 Å². The smallest absolute Gasteiger partial charge is 0.323 e. The molecule has 0 saturated carbocycles. The summed E-state index contributed by atoms with van der Waals surface area (Å²) in [5.41, 5.74) is 4.59. The Hall–Kier alpha value is -5.49. The SMILES string of the molecule is CN(C)C(=O)c1ccc(NC(=O)Nc2ccc(-c3nc(N4CCOCC4)c4ncc(-c5cccnc5)cc4n3)cc2)c(F)c1. The lowest BCUT2D eigenvalue weighted by Gasteiger charge is -2.28. The van der Waals surface area contributed by atoms with Crippen molar-refractivity contribution in [3.05, 3.63) is 90.6 Å². The number of fused-ring (bicyclic) bond motifs is 1. The first-order valence-electron chi connectivity index (χ1n) is 14.0. The molecule has 1 fully saturated rings. The minimum absolute atomic E-state index is 0.0473. The Balaban J connectivity index is 1.24. The quantitative estimate of drug-likeness (QED) is 0.280. The number of hydrogen-bond acceptors (Lipinski definition) is 8. The maximum atomic E-state index is 14.6. The fraction of sp³-hybridized carbons (Fsp3) is 0.188. The van der Waals surface area contributed by atoms with E-state index in [-0.39, 0.29) is 17.2 Å². The molecule has 4 heterocycles. The molecule has 222 valence electrons. The summed E-state index contributed by atoms with van der Waals surface area (Å²) in [4.78, 5) is 46.9. The fourth-order valence-electron chi connectivity index (χ4n) is 4.81. The van der Waals surface area contributed by atoms with E-state index in [9.17, 15) is 14.0 Å². The van der Waals surface area contributed by atoms with Crippen LogP contribution in [0.2, 0.25) is 0 Å². The van der Waals surface area contributed by atoms with Crippen LogP contribution in [0.3, 0.4) is 0 Å². The first-order chi connectivity index (χ1) is 21.4. The normalized spacial score (nSPS) is 13.0. The van der Waals surface area contributed by atoms with E-state index < -0.39 is 11.8 Å². The van der Waals surface area contributed by atoms with Crippen LogP contribution >= 0.6 is 0 Å². The van der Waals surface area contributed by atoms with Gasteiger partial charge in [0.25, 0.3) is 5.91 Å². The van der Waals surface area contributed by atoms with Gasteiger partial charge in [0, 0.05) is 73.7 Å². The van der Waals surface area contributed by atoms with E-state index in [0.717, 1.165) is 28.6 Å². The van der Waals surface area contributed by atoms with Crippen molar-refractivity contribution in [2.45, 2.75) is 0 Å². The lowest BCUT2D eigenvalue weighted by molar-refractivity contribution is 0.0827. The lowest BCUT2D eigenvalue weighted by atomic mass is 10.1. The van der Waals surface area contributed by atoms with Crippen molar-refractivity contribution in [2.24, 2.45) is 0 Å². The highest BCUT2D eigenvalue weighted by Gasteiger charge is 2.20. The van der Waals surface area contributed by atoms with Crippen molar-refractivity contribution in [1.29, 1.82) is 0 Å². The van der Waals surface area contributed by atoms with Gasteiger partial charge in [0.15, 0.2) is 11.6 Å². The molecule has 1 saturated heterocycles. The number of nitrogens with one attached hydrogen (secondary N) is 2. The highest BCUT2D eigenvalue weighted by atomic mass is 19.1. The van der Waals surface area contributed by atoms with Crippen molar-refractivity contribution in [2.75, 3.05) is 55.9 Å². The number of nitrogens with zero attached hydrogens (tertiary/aromatic N) is 6. The third kappa shape index (κ3) is 6.15. The summed E-state index contributed by atoms with van der Waals surface area (Å²) in [5.74, 6) is 0.189. The largest absolute Gasteiger partial charge is 0.378 e. The third-order valence-corrected chi connectivity index (χ3v) is 7.09. The molecule has 0 radical (unpaired) electrons. The van der Waals surface area contributed by atoms with Crippen LogP contribution in [0.4, 0.5) is 26.4 Å². The summed E-state index contributed by atoms with van der Waals surface area (Å²) in [6.07, 6.45) is 5.31. The number of ether oxygens (including phenoxy) is 1. The zero-order valence-corrected chi connectivity index (χ0v) is 24.1. The van der Waals surface area contributed by atoms with Gasteiger partial charge in [-0.05, 0) is 54.6 Å². The summed E-state index contributed by atoms with van der Waals surface area (Å²) in [7, 11) is 3.16. The van der Waals surface area contributed by atoms with Crippen LogP contribution in [-0.4, -0.2) is 77.2 Å². The van der Waals surface area contributed by atoms with Gasteiger partial charge >= 0.3 is 6.03 Å². The summed E-state index contributed by atoms with van der Waals surface area (Å²) in [6, 6.07) is 16.2. The maximum Gasteiger partial charge on any atom is 0.323 e. The second-order valence-corrected chi connectivity index (χ2v) is 10.4. The van der Waals surface area contributed by atoms with E-state index in [1.165, 1.54) is 17.0 Å². The van der Waals surface area contributed by atoms with E-state index in [0.29, 0.717) is 48.8 Å². The zero-order chi connectivity index (χ0) is 30.6. The molecule has 1 aliphatic rings. The van der Waals surface area contributed by atoms with Crippen molar-refractivity contribution in [1.82, 2.24) is 24.8 Å². The fourth-order valence-corrected chi connectivity index (χ4v) is 4.81. The highest BCUT2D eigenvalue weighted by Crippen LogP contribution is 2.30. The standard InChI is InChI=1S/C32H29FN8O3/c1-40(2)31(42)21-7-10-26(25(33)16-21)38-32(43)36-24-8-5-20(6-9-24)29-37-27-17-23(22-4-3-11-34-18-22)19-35-28(27)30(39-29)41-12-14-44-15-13-41/h3-11,16-19H,12-15H2,1-2H3,(H2,36,38,43). The Labute approximate surface area is 252 Å². The van der Waals surface area contributed by atoms with E-state index in [2.05, 4.69) is 20.5 Å². The van der Waals surface area contributed by atoms with Crippen LogP contribution in [-0.2, 0) is 4.74 Å². The molecule has 0 bridgehead atoms. The van der Waals surface area contributed by atoms with Gasteiger partial charge in [-0.1, -0.05) is 6.07 Å². The highest BCUT2D eigenvalue weighted by molar-refractivity contribution is 6.01. The Morgan fingerprint density at radius 1 is 0.909 bits per heavy atom. The number of amides is 3. The predicted octanol–water partition coefficient (Wildman–Crippen LogP) is 5.08. The van der Waals surface area contributed by atoms with Gasteiger partial charge in [0.2, 0.25) is 0 Å². The molecule has 12 heteroatoms. The molecular formula is C32H29FN8O3. The Kier molecular flexibility index (Phi) is 8.06. The summed E-state index contributed by atoms with van der Waals surface area (Å²) < 4.78 is 20.1. The first-order valence-corrected chi connectivity index (χ1v) is 14.0. The maximum absolute atomic E-state index is 14.6. The molecule has 0 spiro atoms. The summed E-state index contributed by atoms with van der Waals surface area (Å²) in [5, 5.41) is 5.18. The molecule has 2 aromatic carbocycles. The second kappa shape index (κ2) is 12.4. The second-order valence-electron chi connectivity index (χ2n) is 10.4. The van der Waals surface area contributed by atoms with E-state index in [1.807, 2.05) is 18.2 Å². The average Bonchev–Trinajstić information content (AvgIpc) is 3.05. The molecule has 2 N–H and O–H groups in total. The average molecular weight is 593 g/mol. The Morgan fingerprint density at radius 2 is 1.70 bits per heavy atom. The first kappa shape index (κ1) is 28.6. The number of aromatic nitrogens is 4. The number of morpholine rings is 1. The minimum Gasteiger partial charge on any atom is -0.378 e. The number of rotatable bonds is 6. The van der Waals surface area contributed by atoms with Crippen molar-refractivity contribution in [3.8, 4) is 22.5 Å². The van der Waals surface area contributed by atoms with Crippen molar-refractivity contribution < 1.29 is 18.7 Å². The van der Waals surface area contributed by atoms with E-state index in [1.54, 1.807) is 57.0 Å². The monoisotopic (exact) mass is 592 g/mol. The molecule has 1 aliphatic heterocycles. The number of carbonyl (C=O) groups is 2. The Bertz CT molecular complexity index is 1830. The van der Waals surface area contributed by atoms with Gasteiger partial charge < -0.3 is 25.2 Å².